The maximum Gasteiger partial charge on any atom is 0.256 e. The quantitative estimate of drug-likeness (QED) is 0.835. The van der Waals surface area contributed by atoms with Crippen LogP contribution < -0.4 is 14.2 Å². The van der Waals surface area contributed by atoms with Crippen LogP contribution in [0.15, 0.2) is 42.5 Å². The molecule has 0 spiro atoms. The summed E-state index contributed by atoms with van der Waals surface area (Å²) in [7, 11) is 4.58. The smallest absolute Gasteiger partial charge is 0.256 e. The number of amides is 1. The Morgan fingerprint density at radius 3 is 2.24 bits per heavy atom. The first-order valence-corrected chi connectivity index (χ1v) is 7.97. The molecule has 3 rings (SSSR count). The third-order valence-electron chi connectivity index (χ3n) is 4.15. The van der Waals surface area contributed by atoms with Gasteiger partial charge < -0.3 is 23.8 Å². The second-order valence-corrected chi connectivity index (χ2v) is 5.55. The molecule has 0 radical (unpaired) electrons. The first-order valence-electron chi connectivity index (χ1n) is 7.97. The van der Waals surface area contributed by atoms with Gasteiger partial charge in [-0.2, -0.15) is 0 Å². The Morgan fingerprint density at radius 2 is 1.68 bits per heavy atom. The van der Waals surface area contributed by atoms with Crippen LogP contribution in [0.1, 0.15) is 22.1 Å². The van der Waals surface area contributed by atoms with Gasteiger partial charge in [-0.05, 0) is 12.1 Å². The van der Waals surface area contributed by atoms with E-state index >= 15 is 0 Å². The van der Waals surface area contributed by atoms with E-state index in [9.17, 15) is 4.79 Å². The van der Waals surface area contributed by atoms with Gasteiger partial charge in [0, 0.05) is 17.7 Å². The molecule has 2 aromatic rings. The van der Waals surface area contributed by atoms with E-state index in [1.807, 2.05) is 30.3 Å². The van der Waals surface area contributed by atoms with E-state index < -0.39 is 6.23 Å². The molecule has 0 aliphatic carbocycles. The van der Waals surface area contributed by atoms with Crippen LogP contribution in [0.25, 0.3) is 0 Å². The summed E-state index contributed by atoms with van der Waals surface area (Å²) in [4.78, 5) is 14.8. The van der Waals surface area contributed by atoms with Crippen LogP contribution in [0.3, 0.4) is 0 Å². The van der Waals surface area contributed by atoms with Crippen molar-refractivity contribution >= 4 is 5.91 Å². The number of methoxy groups -OCH3 is 3. The standard InChI is InChI=1S/C19H21NO5/c1-22-15-11-14(12-16(23-2)17(15)24-3)18(21)20-9-10-25-19(20)13-7-5-4-6-8-13/h4-8,11-12,19H,9-10H2,1-3H3. The number of hydrogen-bond acceptors (Lipinski definition) is 5. The van der Waals surface area contributed by atoms with Gasteiger partial charge in [0.2, 0.25) is 5.75 Å². The zero-order chi connectivity index (χ0) is 17.8. The summed E-state index contributed by atoms with van der Waals surface area (Å²) in [5.74, 6) is 1.20. The van der Waals surface area contributed by atoms with Crippen molar-refractivity contribution in [3.63, 3.8) is 0 Å². The van der Waals surface area contributed by atoms with Crippen molar-refractivity contribution in [1.82, 2.24) is 4.90 Å². The van der Waals surface area contributed by atoms with Crippen molar-refractivity contribution in [2.24, 2.45) is 0 Å². The van der Waals surface area contributed by atoms with Crippen LogP contribution in [0, 0.1) is 0 Å². The Labute approximate surface area is 146 Å². The summed E-state index contributed by atoms with van der Waals surface area (Å²) >= 11 is 0. The Bertz CT molecular complexity index is 722. The van der Waals surface area contributed by atoms with Crippen LogP contribution >= 0.6 is 0 Å². The highest BCUT2D eigenvalue weighted by Gasteiger charge is 2.32. The van der Waals surface area contributed by atoms with E-state index in [0.717, 1.165) is 5.56 Å². The van der Waals surface area contributed by atoms with E-state index in [-0.39, 0.29) is 5.91 Å². The summed E-state index contributed by atoms with van der Waals surface area (Å²) in [6.45, 7) is 1.02. The first-order chi connectivity index (χ1) is 12.2. The van der Waals surface area contributed by atoms with Crippen molar-refractivity contribution in [2.75, 3.05) is 34.5 Å². The first kappa shape index (κ1) is 17.1. The maximum atomic E-state index is 13.1. The number of carbonyl (C=O) groups is 1. The summed E-state index contributed by atoms with van der Waals surface area (Å²) in [6.07, 6.45) is -0.396. The molecule has 0 bridgehead atoms. The Morgan fingerprint density at radius 1 is 1.04 bits per heavy atom. The lowest BCUT2D eigenvalue weighted by molar-refractivity contribution is 0.0272. The largest absolute Gasteiger partial charge is 0.493 e. The van der Waals surface area contributed by atoms with Gasteiger partial charge in [-0.1, -0.05) is 30.3 Å². The highest BCUT2D eigenvalue weighted by atomic mass is 16.5. The van der Waals surface area contributed by atoms with Gasteiger partial charge in [0.05, 0.1) is 27.9 Å². The molecule has 0 aromatic heterocycles. The number of ether oxygens (including phenoxy) is 4. The van der Waals surface area contributed by atoms with Crippen molar-refractivity contribution in [2.45, 2.75) is 6.23 Å². The van der Waals surface area contributed by atoms with E-state index in [4.69, 9.17) is 18.9 Å². The molecule has 1 heterocycles. The molecular weight excluding hydrogens is 322 g/mol. The fraction of sp³-hybridized carbons (Fsp3) is 0.316. The summed E-state index contributed by atoms with van der Waals surface area (Å²) in [5, 5.41) is 0. The van der Waals surface area contributed by atoms with Crippen molar-refractivity contribution in [1.29, 1.82) is 0 Å². The number of hydrogen-bond donors (Lipinski definition) is 0. The minimum Gasteiger partial charge on any atom is -0.493 e. The van der Waals surface area contributed by atoms with Gasteiger partial charge >= 0.3 is 0 Å². The molecule has 6 heteroatoms. The van der Waals surface area contributed by atoms with Crippen LogP contribution in [-0.2, 0) is 4.74 Å². The van der Waals surface area contributed by atoms with Crippen LogP contribution in [-0.4, -0.2) is 45.3 Å². The third kappa shape index (κ3) is 3.25. The summed E-state index contributed by atoms with van der Waals surface area (Å²) in [6, 6.07) is 13.0. The molecule has 1 saturated heterocycles. The molecule has 1 amide bonds. The fourth-order valence-electron chi connectivity index (χ4n) is 2.94. The highest BCUT2D eigenvalue weighted by Crippen LogP contribution is 2.39. The lowest BCUT2D eigenvalue weighted by Gasteiger charge is -2.24. The number of carbonyl (C=O) groups excluding carboxylic acids is 1. The average Bonchev–Trinajstić information content (AvgIpc) is 3.16. The molecule has 1 unspecified atom stereocenters. The second kappa shape index (κ2) is 7.44. The van der Waals surface area contributed by atoms with Crippen LogP contribution in [0.2, 0.25) is 0 Å². The fourth-order valence-corrected chi connectivity index (χ4v) is 2.94. The van der Waals surface area contributed by atoms with E-state index in [2.05, 4.69) is 0 Å². The number of rotatable bonds is 5. The molecule has 1 atom stereocenters. The molecule has 132 valence electrons. The van der Waals surface area contributed by atoms with E-state index in [0.29, 0.717) is 36.0 Å². The van der Waals surface area contributed by atoms with Gasteiger partial charge in [0.15, 0.2) is 17.7 Å². The Kier molecular flexibility index (Phi) is 5.09. The van der Waals surface area contributed by atoms with Crippen LogP contribution in [0.4, 0.5) is 0 Å². The zero-order valence-corrected chi connectivity index (χ0v) is 14.5. The van der Waals surface area contributed by atoms with Crippen molar-refractivity contribution in [3.8, 4) is 17.2 Å². The molecule has 25 heavy (non-hydrogen) atoms. The predicted molar refractivity (Wildman–Crippen MR) is 92.3 cm³/mol. The van der Waals surface area contributed by atoms with Gasteiger partial charge in [-0.25, -0.2) is 0 Å². The SMILES string of the molecule is COc1cc(C(=O)N2CCOC2c2ccccc2)cc(OC)c1OC. The van der Waals surface area contributed by atoms with E-state index in [1.54, 1.807) is 17.0 Å². The van der Waals surface area contributed by atoms with Gasteiger partial charge in [-0.15, -0.1) is 0 Å². The maximum absolute atomic E-state index is 13.1. The summed E-state index contributed by atoms with van der Waals surface area (Å²) in [5.41, 5.74) is 1.40. The lowest BCUT2D eigenvalue weighted by atomic mass is 10.1. The molecular formula is C19H21NO5. The molecule has 2 aromatic carbocycles. The monoisotopic (exact) mass is 343 g/mol. The second-order valence-electron chi connectivity index (χ2n) is 5.55. The minimum atomic E-state index is -0.396. The topological polar surface area (TPSA) is 57.2 Å². The predicted octanol–water partition coefficient (Wildman–Crippen LogP) is 2.88. The van der Waals surface area contributed by atoms with Gasteiger partial charge in [0.1, 0.15) is 0 Å². The Balaban J connectivity index is 1.95. The van der Waals surface area contributed by atoms with Crippen molar-refractivity contribution in [3.05, 3.63) is 53.6 Å². The highest BCUT2D eigenvalue weighted by molar-refractivity contribution is 5.96. The Hall–Kier alpha value is -2.73. The molecule has 1 aliphatic heterocycles. The van der Waals surface area contributed by atoms with Gasteiger partial charge in [0.25, 0.3) is 5.91 Å². The van der Waals surface area contributed by atoms with Crippen molar-refractivity contribution < 1.29 is 23.7 Å². The van der Waals surface area contributed by atoms with Crippen LogP contribution in [0.5, 0.6) is 17.2 Å². The molecule has 1 fully saturated rings. The minimum absolute atomic E-state index is 0.148. The lowest BCUT2D eigenvalue weighted by Crippen LogP contribution is -2.31. The molecule has 0 saturated carbocycles. The molecule has 1 aliphatic rings. The number of benzene rings is 2. The zero-order valence-electron chi connectivity index (χ0n) is 14.5. The normalized spacial score (nSPS) is 16.6. The average molecular weight is 343 g/mol. The molecule has 6 nitrogen and oxygen atoms in total. The number of nitrogens with zero attached hydrogens (tertiary/aromatic N) is 1. The third-order valence-corrected chi connectivity index (χ3v) is 4.15. The summed E-state index contributed by atoms with van der Waals surface area (Å²) < 4.78 is 21.8. The van der Waals surface area contributed by atoms with E-state index in [1.165, 1.54) is 21.3 Å². The van der Waals surface area contributed by atoms with Gasteiger partial charge in [-0.3, -0.25) is 4.79 Å². The molecule has 0 N–H and O–H groups in total.